The zero-order valence-electron chi connectivity index (χ0n) is 12.3. The molecule has 1 aromatic carbocycles. The van der Waals surface area contributed by atoms with Crippen molar-refractivity contribution in [3.63, 3.8) is 0 Å². The van der Waals surface area contributed by atoms with Gasteiger partial charge in [0, 0.05) is 12.7 Å². The van der Waals surface area contributed by atoms with Gasteiger partial charge < -0.3 is 10.6 Å². The number of aliphatic imine (C=N–C) groups is 1. The fraction of sp³-hybridized carbons (Fsp3) is 0.250. The molecule has 4 nitrogen and oxygen atoms in total. The summed E-state index contributed by atoms with van der Waals surface area (Å²) in [6.45, 7) is 3.74. The van der Waals surface area contributed by atoms with E-state index >= 15 is 0 Å². The summed E-state index contributed by atoms with van der Waals surface area (Å²) in [7, 11) is 0. The molecule has 6 heteroatoms. The predicted octanol–water partition coefficient (Wildman–Crippen LogP) is 3.24. The van der Waals surface area contributed by atoms with Crippen LogP contribution in [0.3, 0.4) is 0 Å². The zero-order valence-corrected chi connectivity index (χ0v) is 13.9. The van der Waals surface area contributed by atoms with E-state index in [9.17, 15) is 4.39 Å². The van der Waals surface area contributed by atoms with Crippen molar-refractivity contribution in [2.75, 3.05) is 6.54 Å². The Morgan fingerprint density at radius 3 is 2.82 bits per heavy atom. The van der Waals surface area contributed by atoms with Crippen molar-refractivity contribution in [1.29, 1.82) is 0 Å². The summed E-state index contributed by atoms with van der Waals surface area (Å²) >= 11 is 3.14. The number of benzene rings is 1. The molecular weight excluding hydrogens is 347 g/mol. The van der Waals surface area contributed by atoms with Gasteiger partial charge in [0.25, 0.3) is 0 Å². The van der Waals surface area contributed by atoms with Crippen molar-refractivity contribution in [1.82, 2.24) is 15.6 Å². The van der Waals surface area contributed by atoms with Crippen LogP contribution in [0.15, 0.2) is 52.1 Å². The van der Waals surface area contributed by atoms with E-state index < -0.39 is 0 Å². The standard InChI is InChI=1S/C16H18BrFN4/c1-2-19-16(22-11-13-5-3-4-8-20-13)21-10-12-6-7-14(17)15(18)9-12/h3-9H,2,10-11H2,1H3,(H2,19,21,22). The van der Waals surface area contributed by atoms with Gasteiger partial charge in [-0.1, -0.05) is 12.1 Å². The topological polar surface area (TPSA) is 49.3 Å². The van der Waals surface area contributed by atoms with Crippen LogP contribution in [0.2, 0.25) is 0 Å². The van der Waals surface area contributed by atoms with Crippen LogP contribution in [0.25, 0.3) is 0 Å². The highest BCUT2D eigenvalue weighted by atomic mass is 79.9. The lowest BCUT2D eigenvalue weighted by atomic mass is 10.2. The van der Waals surface area contributed by atoms with Crippen molar-refractivity contribution in [3.8, 4) is 0 Å². The molecular formula is C16H18BrFN4. The number of nitrogens with one attached hydrogen (secondary N) is 2. The van der Waals surface area contributed by atoms with Crippen LogP contribution in [0.1, 0.15) is 18.2 Å². The van der Waals surface area contributed by atoms with Gasteiger partial charge in [-0.2, -0.15) is 0 Å². The van der Waals surface area contributed by atoms with Crippen LogP contribution in [0.4, 0.5) is 4.39 Å². The van der Waals surface area contributed by atoms with E-state index in [0.717, 1.165) is 17.8 Å². The fourth-order valence-electron chi connectivity index (χ4n) is 1.83. The van der Waals surface area contributed by atoms with Gasteiger partial charge in [-0.25, -0.2) is 9.38 Å². The van der Waals surface area contributed by atoms with E-state index in [1.807, 2.05) is 31.2 Å². The maximum atomic E-state index is 13.5. The Labute approximate surface area is 138 Å². The third-order valence-corrected chi connectivity index (χ3v) is 3.55. The maximum Gasteiger partial charge on any atom is 0.191 e. The van der Waals surface area contributed by atoms with Gasteiger partial charge in [-0.3, -0.25) is 4.98 Å². The van der Waals surface area contributed by atoms with Crippen molar-refractivity contribution in [2.45, 2.75) is 20.0 Å². The fourth-order valence-corrected chi connectivity index (χ4v) is 2.07. The Hall–Kier alpha value is -1.95. The number of guanidine groups is 1. The second-order valence-corrected chi connectivity index (χ2v) is 5.47. The molecule has 0 aliphatic rings. The van der Waals surface area contributed by atoms with Crippen LogP contribution in [-0.4, -0.2) is 17.5 Å². The quantitative estimate of drug-likeness (QED) is 0.632. The van der Waals surface area contributed by atoms with Gasteiger partial charge in [0.1, 0.15) is 5.82 Å². The van der Waals surface area contributed by atoms with Crippen LogP contribution in [-0.2, 0) is 13.1 Å². The first-order valence-electron chi connectivity index (χ1n) is 7.05. The van der Waals surface area contributed by atoms with Gasteiger partial charge in [0.15, 0.2) is 5.96 Å². The number of aromatic nitrogens is 1. The minimum absolute atomic E-state index is 0.279. The van der Waals surface area contributed by atoms with Gasteiger partial charge >= 0.3 is 0 Å². The minimum Gasteiger partial charge on any atom is -0.357 e. The Morgan fingerprint density at radius 2 is 2.14 bits per heavy atom. The molecule has 2 rings (SSSR count). The summed E-state index contributed by atoms with van der Waals surface area (Å²) in [4.78, 5) is 8.70. The van der Waals surface area contributed by atoms with Crippen LogP contribution >= 0.6 is 15.9 Å². The second kappa shape index (κ2) is 8.48. The monoisotopic (exact) mass is 364 g/mol. The molecule has 0 unspecified atom stereocenters. The summed E-state index contributed by atoms with van der Waals surface area (Å²) < 4.78 is 13.9. The number of hydrogen-bond donors (Lipinski definition) is 2. The Morgan fingerprint density at radius 1 is 1.27 bits per heavy atom. The molecule has 2 N–H and O–H groups in total. The molecule has 116 valence electrons. The maximum absolute atomic E-state index is 13.5. The molecule has 2 aromatic rings. The number of nitrogens with zero attached hydrogens (tertiary/aromatic N) is 2. The third-order valence-electron chi connectivity index (χ3n) is 2.91. The molecule has 0 saturated heterocycles. The number of pyridine rings is 1. The lowest BCUT2D eigenvalue weighted by Gasteiger charge is -2.11. The van der Waals surface area contributed by atoms with E-state index in [0.29, 0.717) is 23.5 Å². The SMILES string of the molecule is CCNC(=NCc1ccc(Br)c(F)c1)NCc1ccccn1. The Bertz CT molecular complexity index is 631. The number of hydrogen-bond acceptors (Lipinski definition) is 2. The zero-order chi connectivity index (χ0) is 15.8. The van der Waals surface area contributed by atoms with E-state index in [2.05, 4.69) is 36.5 Å². The van der Waals surface area contributed by atoms with Crippen LogP contribution < -0.4 is 10.6 Å². The molecule has 0 spiro atoms. The van der Waals surface area contributed by atoms with Crippen LogP contribution in [0, 0.1) is 5.82 Å². The normalized spacial score (nSPS) is 11.3. The van der Waals surface area contributed by atoms with Gasteiger partial charge in [-0.05, 0) is 52.7 Å². The molecule has 0 aliphatic heterocycles. The van der Waals surface area contributed by atoms with Crippen molar-refractivity contribution in [3.05, 3.63) is 64.1 Å². The van der Waals surface area contributed by atoms with Crippen molar-refractivity contribution in [2.24, 2.45) is 4.99 Å². The molecule has 0 atom stereocenters. The molecule has 0 saturated carbocycles. The molecule has 0 amide bonds. The first-order valence-corrected chi connectivity index (χ1v) is 7.84. The minimum atomic E-state index is -0.279. The molecule has 1 heterocycles. The first-order chi connectivity index (χ1) is 10.7. The second-order valence-electron chi connectivity index (χ2n) is 4.62. The van der Waals surface area contributed by atoms with E-state index in [-0.39, 0.29) is 5.82 Å². The first kappa shape index (κ1) is 16.4. The summed E-state index contributed by atoms with van der Waals surface area (Å²) in [6, 6.07) is 10.8. The Balaban J connectivity index is 1.98. The summed E-state index contributed by atoms with van der Waals surface area (Å²) in [5.74, 6) is 0.399. The lowest BCUT2D eigenvalue weighted by molar-refractivity contribution is 0.618. The molecule has 0 aliphatic carbocycles. The third kappa shape index (κ3) is 5.11. The highest BCUT2D eigenvalue weighted by molar-refractivity contribution is 9.10. The summed E-state index contributed by atoms with van der Waals surface area (Å²) in [6.07, 6.45) is 1.76. The lowest BCUT2D eigenvalue weighted by Crippen LogP contribution is -2.37. The summed E-state index contributed by atoms with van der Waals surface area (Å²) in [5.41, 5.74) is 1.75. The van der Waals surface area contributed by atoms with Gasteiger partial charge in [-0.15, -0.1) is 0 Å². The molecule has 22 heavy (non-hydrogen) atoms. The Kier molecular flexibility index (Phi) is 6.33. The van der Waals surface area contributed by atoms with Gasteiger partial charge in [0.05, 0.1) is 23.3 Å². The van der Waals surface area contributed by atoms with E-state index in [1.54, 1.807) is 12.3 Å². The smallest absolute Gasteiger partial charge is 0.191 e. The molecule has 0 bridgehead atoms. The van der Waals surface area contributed by atoms with E-state index in [1.165, 1.54) is 6.07 Å². The average Bonchev–Trinajstić information content (AvgIpc) is 2.54. The number of rotatable bonds is 5. The molecule has 1 aromatic heterocycles. The van der Waals surface area contributed by atoms with Crippen LogP contribution in [0.5, 0.6) is 0 Å². The summed E-state index contributed by atoms with van der Waals surface area (Å²) in [5, 5.41) is 6.36. The highest BCUT2D eigenvalue weighted by Crippen LogP contribution is 2.16. The predicted molar refractivity (Wildman–Crippen MR) is 90.0 cm³/mol. The van der Waals surface area contributed by atoms with E-state index in [4.69, 9.17) is 0 Å². The van der Waals surface area contributed by atoms with Crippen molar-refractivity contribution >= 4 is 21.9 Å². The molecule has 0 radical (unpaired) electrons. The van der Waals surface area contributed by atoms with Gasteiger partial charge in [0.2, 0.25) is 0 Å². The average molecular weight is 365 g/mol. The number of halogens is 2. The van der Waals surface area contributed by atoms with Crippen molar-refractivity contribution < 1.29 is 4.39 Å². The largest absolute Gasteiger partial charge is 0.357 e. The molecule has 0 fully saturated rings. The highest BCUT2D eigenvalue weighted by Gasteiger charge is 2.02.